The lowest BCUT2D eigenvalue weighted by Gasteiger charge is -2.25. The van der Waals surface area contributed by atoms with E-state index >= 15 is 0 Å². The van der Waals surface area contributed by atoms with Gasteiger partial charge in [-0.1, -0.05) is 29.8 Å². The number of methoxy groups -OCH3 is 2. The molecule has 3 aromatic carbocycles. The Kier molecular flexibility index (Phi) is 4.87. The van der Waals surface area contributed by atoms with E-state index in [1.54, 1.807) is 67.7 Å². The van der Waals surface area contributed by atoms with Crippen LogP contribution in [0.3, 0.4) is 0 Å². The highest BCUT2D eigenvalue weighted by molar-refractivity contribution is 6.31. The first-order chi connectivity index (χ1) is 15.5. The molecular formula is C25H18ClNO5. The Morgan fingerprint density at radius 1 is 0.906 bits per heavy atom. The second-order valence-electron chi connectivity index (χ2n) is 7.37. The van der Waals surface area contributed by atoms with Gasteiger partial charge in [0.15, 0.2) is 5.43 Å². The fraction of sp³-hybridized carbons (Fsp3) is 0.120. The Balaban J connectivity index is 1.81. The molecule has 32 heavy (non-hydrogen) atoms. The van der Waals surface area contributed by atoms with Gasteiger partial charge in [0.05, 0.1) is 31.2 Å². The molecule has 0 saturated carbocycles. The maximum atomic E-state index is 13.6. The van der Waals surface area contributed by atoms with Gasteiger partial charge < -0.3 is 13.9 Å². The molecule has 2 heterocycles. The van der Waals surface area contributed by atoms with Crippen LogP contribution in [0.15, 0.2) is 75.9 Å². The Hall–Kier alpha value is -3.77. The SMILES string of the molecule is COc1cccc(C2c3c(oc4ccc(Cl)cc4c3=O)C(=O)N2c2cccc(OC)c2)c1. The van der Waals surface area contributed by atoms with E-state index in [1.165, 1.54) is 0 Å². The molecule has 5 rings (SSSR count). The van der Waals surface area contributed by atoms with E-state index in [2.05, 4.69) is 0 Å². The molecule has 1 unspecified atom stereocenters. The van der Waals surface area contributed by atoms with Crippen LogP contribution in [0, 0.1) is 0 Å². The second-order valence-corrected chi connectivity index (χ2v) is 7.81. The van der Waals surface area contributed by atoms with Crippen LogP contribution in [0.2, 0.25) is 5.02 Å². The maximum absolute atomic E-state index is 13.6. The molecule has 160 valence electrons. The van der Waals surface area contributed by atoms with Crippen LogP contribution in [0.5, 0.6) is 11.5 Å². The standard InChI is InChI=1S/C25H18ClNO5/c1-30-17-7-3-5-14(11-17)22-21-23(28)19-12-15(26)9-10-20(19)32-24(21)25(29)27(22)16-6-4-8-18(13-16)31-2/h3-13,22H,1-2H3. The number of amides is 1. The molecule has 0 fully saturated rings. The Morgan fingerprint density at radius 2 is 1.62 bits per heavy atom. The molecule has 1 aliphatic rings. The molecule has 6 nitrogen and oxygen atoms in total. The van der Waals surface area contributed by atoms with Crippen molar-refractivity contribution in [1.82, 2.24) is 0 Å². The molecule has 0 N–H and O–H groups in total. The third-order valence-electron chi connectivity index (χ3n) is 5.57. The summed E-state index contributed by atoms with van der Waals surface area (Å²) >= 11 is 6.13. The summed E-state index contributed by atoms with van der Waals surface area (Å²) < 4.78 is 16.7. The zero-order valence-corrected chi connectivity index (χ0v) is 18.1. The average molecular weight is 448 g/mol. The Bertz CT molecular complexity index is 1430. The number of ether oxygens (including phenoxy) is 2. The third-order valence-corrected chi connectivity index (χ3v) is 5.81. The number of fused-ring (bicyclic) bond motifs is 2. The van der Waals surface area contributed by atoms with Crippen molar-refractivity contribution in [2.45, 2.75) is 6.04 Å². The highest BCUT2D eigenvalue weighted by Gasteiger charge is 2.43. The van der Waals surface area contributed by atoms with Crippen molar-refractivity contribution < 1.29 is 18.7 Å². The second kappa shape index (κ2) is 7.73. The lowest BCUT2D eigenvalue weighted by Crippen LogP contribution is -2.29. The minimum Gasteiger partial charge on any atom is -0.497 e. The largest absolute Gasteiger partial charge is 0.497 e. The van der Waals surface area contributed by atoms with Crippen LogP contribution in [0.4, 0.5) is 5.69 Å². The predicted octanol–water partition coefficient (Wildman–Crippen LogP) is 5.21. The van der Waals surface area contributed by atoms with Crippen molar-refractivity contribution in [2.24, 2.45) is 0 Å². The Morgan fingerprint density at radius 3 is 2.38 bits per heavy atom. The molecule has 0 radical (unpaired) electrons. The third kappa shape index (κ3) is 3.11. The van der Waals surface area contributed by atoms with Crippen molar-refractivity contribution in [3.05, 3.63) is 98.9 Å². The lowest BCUT2D eigenvalue weighted by atomic mass is 9.98. The van der Waals surface area contributed by atoms with E-state index < -0.39 is 11.9 Å². The molecule has 7 heteroatoms. The summed E-state index contributed by atoms with van der Waals surface area (Å²) in [4.78, 5) is 28.7. The van der Waals surface area contributed by atoms with Gasteiger partial charge in [-0.15, -0.1) is 0 Å². The van der Waals surface area contributed by atoms with Crippen molar-refractivity contribution >= 4 is 34.2 Å². The summed E-state index contributed by atoms with van der Waals surface area (Å²) in [5.74, 6) is 0.810. The van der Waals surface area contributed by atoms with Crippen LogP contribution in [-0.4, -0.2) is 20.1 Å². The highest BCUT2D eigenvalue weighted by atomic mass is 35.5. The summed E-state index contributed by atoms with van der Waals surface area (Å²) in [6.07, 6.45) is 0. The topological polar surface area (TPSA) is 69.0 Å². The van der Waals surface area contributed by atoms with Crippen LogP contribution in [-0.2, 0) is 0 Å². The van der Waals surface area contributed by atoms with Gasteiger partial charge in [0.2, 0.25) is 5.76 Å². The predicted molar refractivity (Wildman–Crippen MR) is 122 cm³/mol. The number of nitrogens with zero attached hydrogens (tertiary/aromatic N) is 1. The zero-order valence-electron chi connectivity index (χ0n) is 17.3. The molecule has 4 aromatic rings. The molecular weight excluding hydrogens is 430 g/mol. The van der Waals surface area contributed by atoms with Crippen molar-refractivity contribution in [3.8, 4) is 11.5 Å². The molecule has 1 aromatic heterocycles. The van der Waals surface area contributed by atoms with Crippen molar-refractivity contribution in [1.29, 1.82) is 0 Å². The van der Waals surface area contributed by atoms with Gasteiger partial charge in [-0.2, -0.15) is 0 Å². The van der Waals surface area contributed by atoms with Gasteiger partial charge in [0.1, 0.15) is 17.1 Å². The molecule has 1 amide bonds. The van der Waals surface area contributed by atoms with Gasteiger partial charge in [-0.05, 0) is 48.0 Å². The first kappa shape index (κ1) is 20.2. The monoisotopic (exact) mass is 447 g/mol. The number of carbonyl (C=O) groups excluding carboxylic acids is 1. The number of halogens is 1. The van der Waals surface area contributed by atoms with Gasteiger partial charge in [-0.25, -0.2) is 0 Å². The summed E-state index contributed by atoms with van der Waals surface area (Å²) in [5.41, 5.74) is 1.57. The number of benzene rings is 3. The summed E-state index contributed by atoms with van der Waals surface area (Å²) in [6, 6.07) is 18.5. The smallest absolute Gasteiger partial charge is 0.295 e. The van der Waals surface area contributed by atoms with Gasteiger partial charge in [0, 0.05) is 16.8 Å². The first-order valence-corrected chi connectivity index (χ1v) is 10.3. The van der Waals surface area contributed by atoms with Gasteiger partial charge in [-0.3, -0.25) is 14.5 Å². The van der Waals surface area contributed by atoms with E-state index in [1.807, 2.05) is 18.2 Å². The number of rotatable bonds is 4. The fourth-order valence-corrected chi connectivity index (χ4v) is 4.27. The normalized spacial score (nSPS) is 15.2. The van der Waals surface area contributed by atoms with Crippen molar-refractivity contribution in [3.63, 3.8) is 0 Å². The van der Waals surface area contributed by atoms with Crippen LogP contribution >= 0.6 is 11.6 Å². The van der Waals surface area contributed by atoms with E-state index in [0.29, 0.717) is 38.7 Å². The first-order valence-electron chi connectivity index (χ1n) is 9.89. The van der Waals surface area contributed by atoms with E-state index in [9.17, 15) is 9.59 Å². The fourth-order valence-electron chi connectivity index (χ4n) is 4.10. The zero-order chi connectivity index (χ0) is 22.4. The maximum Gasteiger partial charge on any atom is 0.295 e. The van der Waals surface area contributed by atoms with Crippen LogP contribution < -0.4 is 19.8 Å². The Labute approximate surface area is 188 Å². The van der Waals surface area contributed by atoms with E-state index in [0.717, 1.165) is 0 Å². The quantitative estimate of drug-likeness (QED) is 0.429. The highest BCUT2D eigenvalue weighted by Crippen LogP contribution is 2.42. The van der Waals surface area contributed by atoms with Crippen LogP contribution in [0.25, 0.3) is 11.0 Å². The number of hydrogen-bond acceptors (Lipinski definition) is 5. The molecule has 0 saturated heterocycles. The van der Waals surface area contributed by atoms with Gasteiger partial charge in [0.25, 0.3) is 5.91 Å². The average Bonchev–Trinajstić information content (AvgIpc) is 3.12. The van der Waals surface area contributed by atoms with Gasteiger partial charge >= 0.3 is 0 Å². The number of anilines is 1. The summed E-state index contributed by atoms with van der Waals surface area (Å²) in [7, 11) is 3.12. The minimum absolute atomic E-state index is 0.0143. The lowest BCUT2D eigenvalue weighted by molar-refractivity contribution is 0.0971. The van der Waals surface area contributed by atoms with Crippen LogP contribution in [0.1, 0.15) is 27.7 Å². The summed E-state index contributed by atoms with van der Waals surface area (Å²) in [5, 5.41) is 0.737. The molecule has 0 bridgehead atoms. The van der Waals surface area contributed by atoms with Crippen molar-refractivity contribution in [2.75, 3.05) is 19.1 Å². The molecule has 0 aliphatic carbocycles. The molecule has 1 atom stereocenters. The minimum atomic E-state index is -0.709. The summed E-state index contributed by atoms with van der Waals surface area (Å²) in [6.45, 7) is 0. The number of hydrogen-bond donors (Lipinski definition) is 0. The molecule has 0 spiro atoms. The van der Waals surface area contributed by atoms with E-state index in [-0.39, 0.29) is 16.8 Å². The molecule has 1 aliphatic heterocycles. The van der Waals surface area contributed by atoms with E-state index in [4.69, 9.17) is 25.5 Å². The number of carbonyl (C=O) groups is 1.